The summed E-state index contributed by atoms with van der Waals surface area (Å²) in [6.07, 6.45) is 4.36. The van der Waals surface area contributed by atoms with Crippen LogP contribution in [-0.4, -0.2) is 25.3 Å². The van der Waals surface area contributed by atoms with Crippen LogP contribution in [0.15, 0.2) is 18.2 Å². The van der Waals surface area contributed by atoms with Crippen molar-refractivity contribution in [1.82, 2.24) is 5.32 Å². The molecule has 2 atom stereocenters. The SMILES string of the molecule is CCCNC(Cc1ccc(Cl)cc1Cl)C(CCC)OCC. The van der Waals surface area contributed by atoms with Crippen molar-refractivity contribution >= 4 is 23.2 Å². The lowest BCUT2D eigenvalue weighted by Crippen LogP contribution is -2.43. The average molecular weight is 332 g/mol. The van der Waals surface area contributed by atoms with Crippen molar-refractivity contribution in [1.29, 1.82) is 0 Å². The van der Waals surface area contributed by atoms with E-state index in [2.05, 4.69) is 26.1 Å². The van der Waals surface area contributed by atoms with Gasteiger partial charge in [0.25, 0.3) is 0 Å². The molecule has 0 fully saturated rings. The Bertz CT molecular complexity index is 406. The number of hydrogen-bond acceptors (Lipinski definition) is 2. The zero-order chi connectivity index (χ0) is 15.7. The zero-order valence-corrected chi connectivity index (χ0v) is 14.8. The molecule has 4 heteroatoms. The van der Waals surface area contributed by atoms with Gasteiger partial charge in [-0.05, 0) is 50.4 Å². The van der Waals surface area contributed by atoms with Crippen LogP contribution >= 0.6 is 23.2 Å². The van der Waals surface area contributed by atoms with E-state index in [-0.39, 0.29) is 12.1 Å². The summed E-state index contributed by atoms with van der Waals surface area (Å²) in [5, 5.41) is 5.02. The minimum absolute atomic E-state index is 0.221. The molecule has 0 spiro atoms. The van der Waals surface area contributed by atoms with Crippen LogP contribution in [0.25, 0.3) is 0 Å². The van der Waals surface area contributed by atoms with Crippen molar-refractivity contribution in [3.8, 4) is 0 Å². The number of rotatable bonds is 10. The molecule has 21 heavy (non-hydrogen) atoms. The summed E-state index contributed by atoms with van der Waals surface area (Å²) in [5.41, 5.74) is 1.12. The molecule has 2 unspecified atom stereocenters. The molecule has 1 aromatic carbocycles. The second kappa shape index (κ2) is 10.4. The van der Waals surface area contributed by atoms with Gasteiger partial charge in [-0.15, -0.1) is 0 Å². The second-order valence-electron chi connectivity index (χ2n) is 5.28. The molecular formula is C17H27Cl2NO. The third kappa shape index (κ3) is 6.56. The van der Waals surface area contributed by atoms with Crippen molar-refractivity contribution in [2.24, 2.45) is 0 Å². The molecule has 0 aliphatic rings. The summed E-state index contributed by atoms with van der Waals surface area (Å²) >= 11 is 12.3. The van der Waals surface area contributed by atoms with E-state index in [1.807, 2.05) is 18.2 Å². The van der Waals surface area contributed by atoms with Crippen LogP contribution in [0.1, 0.15) is 45.6 Å². The van der Waals surface area contributed by atoms with E-state index < -0.39 is 0 Å². The number of ether oxygens (including phenoxy) is 1. The van der Waals surface area contributed by atoms with E-state index in [0.717, 1.165) is 49.4 Å². The van der Waals surface area contributed by atoms with Crippen LogP contribution in [0.2, 0.25) is 10.0 Å². The van der Waals surface area contributed by atoms with Crippen molar-refractivity contribution < 1.29 is 4.74 Å². The highest BCUT2D eigenvalue weighted by atomic mass is 35.5. The number of nitrogens with one attached hydrogen (secondary N) is 1. The van der Waals surface area contributed by atoms with Gasteiger partial charge in [0.05, 0.1) is 6.10 Å². The molecule has 0 bridgehead atoms. The normalized spacial score (nSPS) is 14.1. The summed E-state index contributed by atoms with van der Waals surface area (Å²) < 4.78 is 5.95. The van der Waals surface area contributed by atoms with Gasteiger partial charge in [0, 0.05) is 22.7 Å². The standard InChI is InChI=1S/C17H27Cl2NO/c1-4-7-17(21-6-3)16(20-10-5-2)11-13-8-9-14(18)12-15(13)19/h8-9,12,16-17,20H,4-7,10-11H2,1-3H3. The first-order valence-electron chi connectivity index (χ1n) is 7.91. The van der Waals surface area contributed by atoms with E-state index in [9.17, 15) is 0 Å². The molecule has 120 valence electrons. The van der Waals surface area contributed by atoms with E-state index in [1.165, 1.54) is 0 Å². The van der Waals surface area contributed by atoms with Gasteiger partial charge in [0.1, 0.15) is 0 Å². The van der Waals surface area contributed by atoms with Gasteiger partial charge in [-0.1, -0.05) is 49.5 Å². The molecule has 0 aliphatic heterocycles. The molecule has 2 nitrogen and oxygen atoms in total. The van der Waals surface area contributed by atoms with Crippen molar-refractivity contribution in [3.05, 3.63) is 33.8 Å². The molecule has 0 amide bonds. The predicted molar refractivity (Wildman–Crippen MR) is 92.6 cm³/mol. The highest BCUT2D eigenvalue weighted by Gasteiger charge is 2.22. The van der Waals surface area contributed by atoms with Gasteiger partial charge in [-0.3, -0.25) is 0 Å². The monoisotopic (exact) mass is 331 g/mol. The van der Waals surface area contributed by atoms with Gasteiger partial charge in [-0.25, -0.2) is 0 Å². The van der Waals surface area contributed by atoms with Crippen LogP contribution in [0, 0.1) is 0 Å². The van der Waals surface area contributed by atoms with E-state index >= 15 is 0 Å². The fourth-order valence-corrected chi connectivity index (χ4v) is 2.97. The Morgan fingerprint density at radius 2 is 1.90 bits per heavy atom. The third-order valence-electron chi connectivity index (χ3n) is 3.51. The molecule has 0 saturated carbocycles. The lowest BCUT2D eigenvalue weighted by Gasteiger charge is -2.28. The van der Waals surface area contributed by atoms with Gasteiger partial charge in [0.2, 0.25) is 0 Å². The van der Waals surface area contributed by atoms with Crippen molar-refractivity contribution in [3.63, 3.8) is 0 Å². The van der Waals surface area contributed by atoms with Gasteiger partial charge >= 0.3 is 0 Å². The first-order chi connectivity index (χ1) is 10.1. The summed E-state index contributed by atoms with van der Waals surface area (Å²) in [4.78, 5) is 0. The summed E-state index contributed by atoms with van der Waals surface area (Å²) in [5.74, 6) is 0. The van der Waals surface area contributed by atoms with E-state index in [0.29, 0.717) is 5.02 Å². The number of benzene rings is 1. The van der Waals surface area contributed by atoms with E-state index in [1.54, 1.807) is 0 Å². The minimum atomic E-state index is 0.221. The van der Waals surface area contributed by atoms with Crippen molar-refractivity contribution in [2.45, 2.75) is 58.6 Å². The molecule has 0 aliphatic carbocycles. The highest BCUT2D eigenvalue weighted by Crippen LogP contribution is 2.23. The maximum absolute atomic E-state index is 6.31. The molecule has 1 rings (SSSR count). The smallest absolute Gasteiger partial charge is 0.0731 e. The van der Waals surface area contributed by atoms with Crippen LogP contribution in [0.3, 0.4) is 0 Å². The molecule has 1 aromatic rings. The lowest BCUT2D eigenvalue weighted by molar-refractivity contribution is 0.0282. The molecule has 1 N–H and O–H groups in total. The Balaban J connectivity index is 2.84. The summed E-state index contributed by atoms with van der Waals surface area (Å²) in [7, 11) is 0. The van der Waals surface area contributed by atoms with Crippen LogP contribution in [-0.2, 0) is 11.2 Å². The van der Waals surface area contributed by atoms with Crippen LogP contribution < -0.4 is 5.32 Å². The Morgan fingerprint density at radius 1 is 1.14 bits per heavy atom. The fraction of sp³-hybridized carbons (Fsp3) is 0.647. The third-order valence-corrected chi connectivity index (χ3v) is 4.10. The summed E-state index contributed by atoms with van der Waals surface area (Å²) in [6, 6.07) is 6.00. The topological polar surface area (TPSA) is 21.3 Å². The number of halogens is 2. The largest absolute Gasteiger partial charge is 0.377 e. The maximum Gasteiger partial charge on any atom is 0.0731 e. The molecule has 0 aromatic heterocycles. The van der Waals surface area contributed by atoms with Crippen molar-refractivity contribution in [2.75, 3.05) is 13.2 Å². The Kier molecular flexibility index (Phi) is 9.34. The Morgan fingerprint density at radius 3 is 2.48 bits per heavy atom. The van der Waals surface area contributed by atoms with Gasteiger partial charge in [0.15, 0.2) is 0 Å². The first-order valence-corrected chi connectivity index (χ1v) is 8.66. The van der Waals surface area contributed by atoms with E-state index in [4.69, 9.17) is 27.9 Å². The Labute approximate surface area is 139 Å². The maximum atomic E-state index is 6.31. The van der Waals surface area contributed by atoms with Crippen LogP contribution in [0.5, 0.6) is 0 Å². The Hall–Kier alpha value is -0.280. The van der Waals surface area contributed by atoms with Gasteiger partial charge < -0.3 is 10.1 Å². The molecule has 0 radical (unpaired) electrons. The molecule has 0 heterocycles. The molecular weight excluding hydrogens is 305 g/mol. The van der Waals surface area contributed by atoms with Gasteiger partial charge in [-0.2, -0.15) is 0 Å². The fourth-order valence-electron chi connectivity index (χ4n) is 2.49. The second-order valence-corrected chi connectivity index (χ2v) is 6.13. The number of hydrogen-bond donors (Lipinski definition) is 1. The zero-order valence-electron chi connectivity index (χ0n) is 13.3. The quantitative estimate of drug-likeness (QED) is 0.643. The minimum Gasteiger partial charge on any atom is -0.377 e. The average Bonchev–Trinajstić information content (AvgIpc) is 2.45. The predicted octanol–water partition coefficient (Wildman–Crippen LogP) is 5.11. The summed E-state index contributed by atoms with van der Waals surface area (Å²) in [6.45, 7) is 8.15. The molecule has 0 saturated heterocycles. The first kappa shape index (κ1) is 18.8. The highest BCUT2D eigenvalue weighted by molar-refractivity contribution is 6.35. The van der Waals surface area contributed by atoms with Crippen LogP contribution in [0.4, 0.5) is 0 Å². The lowest BCUT2D eigenvalue weighted by atomic mass is 9.98.